The van der Waals surface area contributed by atoms with Gasteiger partial charge < -0.3 is 10.1 Å². The number of aromatic nitrogens is 4. The van der Waals surface area contributed by atoms with Crippen molar-refractivity contribution in [1.82, 2.24) is 20.0 Å². The van der Waals surface area contributed by atoms with Crippen molar-refractivity contribution in [2.24, 2.45) is 0 Å². The molecule has 0 aliphatic heterocycles. The second-order valence-corrected chi connectivity index (χ2v) is 5.72. The van der Waals surface area contributed by atoms with Crippen molar-refractivity contribution >= 4 is 11.6 Å². The zero-order valence-electron chi connectivity index (χ0n) is 14.6. The van der Waals surface area contributed by atoms with Crippen molar-refractivity contribution in [2.75, 3.05) is 12.4 Å². The Morgan fingerprint density at radius 2 is 1.93 bits per heavy atom. The highest BCUT2D eigenvalue weighted by molar-refractivity contribution is 6.05. The summed E-state index contributed by atoms with van der Waals surface area (Å²) >= 11 is 0. The maximum absolute atomic E-state index is 13.6. The Morgan fingerprint density at radius 3 is 2.50 bits per heavy atom. The van der Waals surface area contributed by atoms with Gasteiger partial charge in [-0.3, -0.25) is 4.79 Å². The SMILES string of the molecule is COc1ccc(-n2ncc(C(=O)Nc3cc(C)cc(F)c3)c2C(F)(F)F)nn1. The van der Waals surface area contributed by atoms with Crippen LogP contribution in [-0.4, -0.2) is 33.0 Å². The highest BCUT2D eigenvalue weighted by atomic mass is 19.4. The Bertz CT molecular complexity index is 995. The molecule has 1 N–H and O–H groups in total. The molecule has 0 unspecified atom stereocenters. The minimum Gasteiger partial charge on any atom is -0.480 e. The summed E-state index contributed by atoms with van der Waals surface area (Å²) in [5, 5.41) is 13.1. The number of hydrogen-bond donors (Lipinski definition) is 1. The van der Waals surface area contributed by atoms with E-state index in [2.05, 4.69) is 20.6 Å². The normalized spacial score (nSPS) is 11.4. The molecular formula is C17H13F4N5O2. The average Bonchev–Trinajstić information content (AvgIpc) is 3.06. The average molecular weight is 395 g/mol. The summed E-state index contributed by atoms with van der Waals surface area (Å²) in [6, 6.07) is 6.16. The van der Waals surface area contributed by atoms with E-state index in [1.165, 1.54) is 31.4 Å². The van der Waals surface area contributed by atoms with Crippen LogP contribution in [0.2, 0.25) is 0 Å². The van der Waals surface area contributed by atoms with E-state index in [1.807, 2.05) is 0 Å². The van der Waals surface area contributed by atoms with Crippen LogP contribution in [0.5, 0.6) is 5.88 Å². The van der Waals surface area contributed by atoms with Crippen LogP contribution in [0.3, 0.4) is 0 Å². The zero-order chi connectivity index (χ0) is 20.5. The molecule has 0 aliphatic rings. The predicted octanol–water partition coefficient (Wildman–Crippen LogP) is 3.39. The third kappa shape index (κ3) is 3.92. The second-order valence-electron chi connectivity index (χ2n) is 5.72. The number of methoxy groups -OCH3 is 1. The molecule has 7 nitrogen and oxygen atoms in total. The van der Waals surface area contributed by atoms with E-state index >= 15 is 0 Å². The van der Waals surface area contributed by atoms with Crippen LogP contribution in [0, 0.1) is 12.7 Å². The van der Waals surface area contributed by atoms with Gasteiger partial charge in [0.2, 0.25) is 5.88 Å². The third-order valence-corrected chi connectivity index (χ3v) is 3.63. The fraction of sp³-hybridized carbons (Fsp3) is 0.176. The smallest absolute Gasteiger partial charge is 0.434 e. The largest absolute Gasteiger partial charge is 0.480 e. The first-order chi connectivity index (χ1) is 13.2. The number of carbonyl (C=O) groups is 1. The second kappa shape index (κ2) is 7.25. The Kier molecular flexibility index (Phi) is 4.99. The van der Waals surface area contributed by atoms with Gasteiger partial charge in [-0.2, -0.15) is 18.3 Å². The van der Waals surface area contributed by atoms with E-state index in [0.29, 0.717) is 10.2 Å². The lowest BCUT2D eigenvalue weighted by molar-refractivity contribution is -0.143. The van der Waals surface area contributed by atoms with Gasteiger partial charge in [-0.15, -0.1) is 10.2 Å². The fourth-order valence-corrected chi connectivity index (χ4v) is 2.50. The van der Waals surface area contributed by atoms with Crippen molar-refractivity contribution in [2.45, 2.75) is 13.1 Å². The van der Waals surface area contributed by atoms with Crippen LogP contribution < -0.4 is 10.1 Å². The van der Waals surface area contributed by atoms with Crippen molar-refractivity contribution in [3.63, 3.8) is 0 Å². The van der Waals surface area contributed by atoms with Crippen LogP contribution in [0.25, 0.3) is 5.82 Å². The summed E-state index contributed by atoms with van der Waals surface area (Å²) in [5.74, 6) is -1.88. The molecule has 0 radical (unpaired) electrons. The molecule has 0 saturated heterocycles. The molecule has 0 atom stereocenters. The van der Waals surface area contributed by atoms with Crippen LogP contribution in [0.4, 0.5) is 23.2 Å². The van der Waals surface area contributed by atoms with Gasteiger partial charge in [0.1, 0.15) is 5.82 Å². The maximum atomic E-state index is 13.6. The van der Waals surface area contributed by atoms with Gasteiger partial charge in [-0.05, 0) is 36.8 Å². The number of hydrogen-bond acceptors (Lipinski definition) is 5. The van der Waals surface area contributed by atoms with Crippen LogP contribution in [0.15, 0.2) is 36.5 Å². The number of aryl methyl sites for hydroxylation is 1. The highest BCUT2D eigenvalue weighted by Gasteiger charge is 2.41. The Hall–Kier alpha value is -3.50. The molecule has 1 amide bonds. The number of alkyl halides is 3. The molecule has 11 heteroatoms. The number of nitrogens with one attached hydrogen (secondary N) is 1. The standard InChI is InChI=1S/C17H13F4N5O2/c1-9-5-10(18)7-11(6-9)23-16(27)12-8-22-26(15(12)17(19,20)21)13-3-4-14(28-2)25-24-13/h3-8H,1-2H3,(H,23,27). The Morgan fingerprint density at radius 1 is 1.18 bits per heavy atom. The summed E-state index contributed by atoms with van der Waals surface area (Å²) in [7, 11) is 1.33. The first-order valence-corrected chi connectivity index (χ1v) is 7.81. The van der Waals surface area contributed by atoms with Crippen LogP contribution in [0.1, 0.15) is 21.6 Å². The number of amides is 1. The van der Waals surface area contributed by atoms with Crippen molar-refractivity contribution in [1.29, 1.82) is 0 Å². The van der Waals surface area contributed by atoms with E-state index in [9.17, 15) is 22.4 Å². The van der Waals surface area contributed by atoms with E-state index in [0.717, 1.165) is 12.3 Å². The summed E-state index contributed by atoms with van der Waals surface area (Å²) in [4.78, 5) is 12.4. The Labute approximate surface area is 156 Å². The summed E-state index contributed by atoms with van der Waals surface area (Å²) < 4.78 is 59.6. The number of halogens is 4. The van der Waals surface area contributed by atoms with Gasteiger partial charge in [-0.1, -0.05) is 0 Å². The molecule has 2 aromatic heterocycles. The number of benzene rings is 1. The highest BCUT2D eigenvalue weighted by Crippen LogP contribution is 2.33. The Balaban J connectivity index is 2.01. The molecule has 0 aliphatic carbocycles. The fourth-order valence-electron chi connectivity index (χ4n) is 2.50. The molecule has 28 heavy (non-hydrogen) atoms. The molecule has 146 valence electrons. The number of nitrogens with zero attached hydrogens (tertiary/aromatic N) is 4. The molecule has 0 bridgehead atoms. The van der Waals surface area contributed by atoms with E-state index in [4.69, 9.17) is 4.74 Å². The predicted molar refractivity (Wildman–Crippen MR) is 89.8 cm³/mol. The number of ether oxygens (including phenoxy) is 1. The number of anilines is 1. The van der Waals surface area contributed by atoms with E-state index in [-0.39, 0.29) is 17.4 Å². The molecule has 0 spiro atoms. The van der Waals surface area contributed by atoms with Gasteiger partial charge >= 0.3 is 6.18 Å². The van der Waals surface area contributed by atoms with Crippen molar-refractivity contribution in [3.8, 4) is 11.7 Å². The lowest BCUT2D eigenvalue weighted by Crippen LogP contribution is -2.21. The van der Waals surface area contributed by atoms with Gasteiger partial charge in [-0.25, -0.2) is 9.07 Å². The van der Waals surface area contributed by atoms with Crippen LogP contribution in [-0.2, 0) is 6.18 Å². The summed E-state index contributed by atoms with van der Waals surface area (Å²) in [5.41, 5.74) is -1.56. The van der Waals surface area contributed by atoms with Gasteiger partial charge in [0, 0.05) is 11.8 Å². The first kappa shape index (κ1) is 19.3. The molecule has 3 aromatic rings. The summed E-state index contributed by atoms with van der Waals surface area (Å²) in [6.45, 7) is 1.58. The molecule has 2 heterocycles. The van der Waals surface area contributed by atoms with Crippen LogP contribution >= 0.6 is 0 Å². The van der Waals surface area contributed by atoms with E-state index < -0.39 is 29.2 Å². The minimum atomic E-state index is -4.91. The van der Waals surface area contributed by atoms with Gasteiger partial charge in [0.25, 0.3) is 5.91 Å². The third-order valence-electron chi connectivity index (χ3n) is 3.63. The lowest BCUT2D eigenvalue weighted by Gasteiger charge is -2.12. The number of carbonyl (C=O) groups excluding carboxylic acids is 1. The molecule has 1 aromatic carbocycles. The summed E-state index contributed by atoms with van der Waals surface area (Å²) in [6.07, 6.45) is -4.15. The zero-order valence-corrected chi connectivity index (χ0v) is 14.6. The van der Waals surface area contributed by atoms with E-state index in [1.54, 1.807) is 6.92 Å². The first-order valence-electron chi connectivity index (χ1n) is 7.81. The van der Waals surface area contributed by atoms with Crippen molar-refractivity contribution < 1.29 is 27.1 Å². The molecular weight excluding hydrogens is 382 g/mol. The monoisotopic (exact) mass is 395 g/mol. The molecule has 0 saturated carbocycles. The number of rotatable bonds is 4. The lowest BCUT2D eigenvalue weighted by atomic mass is 10.2. The maximum Gasteiger partial charge on any atom is 0.434 e. The molecule has 3 rings (SSSR count). The molecule has 0 fully saturated rings. The van der Waals surface area contributed by atoms with Crippen molar-refractivity contribution in [3.05, 3.63) is 59.2 Å². The van der Waals surface area contributed by atoms with Gasteiger partial charge in [0.15, 0.2) is 11.5 Å². The topological polar surface area (TPSA) is 81.9 Å². The van der Waals surface area contributed by atoms with Gasteiger partial charge in [0.05, 0.1) is 18.9 Å². The minimum absolute atomic E-state index is 0.0209. The quantitative estimate of drug-likeness (QED) is 0.685.